The van der Waals surface area contributed by atoms with Crippen molar-refractivity contribution >= 4 is 11.9 Å². The Labute approximate surface area is 174 Å². The minimum Gasteiger partial charge on any atom is -0.493 e. The van der Waals surface area contributed by atoms with Crippen LogP contribution < -0.4 is 9.47 Å². The molecular weight excluding hydrogens is 390 g/mol. The quantitative estimate of drug-likeness (QED) is 0.449. The Morgan fingerprint density at radius 1 is 1.27 bits per heavy atom. The van der Waals surface area contributed by atoms with Gasteiger partial charge in [0, 0.05) is 25.1 Å². The summed E-state index contributed by atoms with van der Waals surface area (Å²) in [5.74, 6) is 0.0828. The molecule has 8 nitrogen and oxygen atoms in total. The SMILES string of the molecule is COC(=O)C=C(C(=O)OC)N1CCC23C=C[C@H](O)CC2Oc2c(OC)ccc(c23)C1. The lowest BCUT2D eigenvalue weighted by Crippen LogP contribution is -2.43. The number of methoxy groups -OCH3 is 3. The summed E-state index contributed by atoms with van der Waals surface area (Å²) in [4.78, 5) is 26.2. The van der Waals surface area contributed by atoms with Crippen LogP contribution in [0.3, 0.4) is 0 Å². The molecule has 1 N–H and O–H groups in total. The van der Waals surface area contributed by atoms with E-state index in [0.717, 1.165) is 17.2 Å². The number of benzene rings is 1. The van der Waals surface area contributed by atoms with Crippen molar-refractivity contribution in [3.8, 4) is 11.5 Å². The van der Waals surface area contributed by atoms with Crippen molar-refractivity contribution in [1.29, 1.82) is 0 Å². The highest BCUT2D eigenvalue weighted by Crippen LogP contribution is 2.55. The summed E-state index contributed by atoms with van der Waals surface area (Å²) in [6.07, 6.45) is 5.26. The minimum absolute atomic E-state index is 0.141. The largest absolute Gasteiger partial charge is 0.493 e. The predicted octanol–water partition coefficient (Wildman–Crippen LogP) is 1.45. The van der Waals surface area contributed by atoms with Gasteiger partial charge in [0.2, 0.25) is 0 Å². The zero-order chi connectivity index (χ0) is 21.5. The van der Waals surface area contributed by atoms with E-state index < -0.39 is 23.5 Å². The van der Waals surface area contributed by atoms with Crippen LogP contribution in [0.25, 0.3) is 0 Å². The maximum Gasteiger partial charge on any atom is 0.354 e. The molecule has 2 unspecified atom stereocenters. The molecule has 1 aliphatic carbocycles. The highest BCUT2D eigenvalue weighted by molar-refractivity contribution is 5.95. The van der Waals surface area contributed by atoms with Crippen LogP contribution in [0.15, 0.2) is 36.1 Å². The zero-order valence-corrected chi connectivity index (χ0v) is 17.2. The first-order chi connectivity index (χ1) is 14.4. The Hall–Kier alpha value is -3.00. The number of hydrogen-bond donors (Lipinski definition) is 1. The number of nitrogens with zero attached hydrogens (tertiary/aromatic N) is 1. The van der Waals surface area contributed by atoms with Crippen molar-refractivity contribution in [3.63, 3.8) is 0 Å². The molecule has 30 heavy (non-hydrogen) atoms. The molecule has 0 radical (unpaired) electrons. The van der Waals surface area contributed by atoms with Gasteiger partial charge in [-0.25, -0.2) is 9.59 Å². The maximum absolute atomic E-state index is 12.4. The number of rotatable bonds is 4. The Bertz CT molecular complexity index is 938. The van der Waals surface area contributed by atoms with E-state index in [1.165, 1.54) is 14.2 Å². The molecule has 160 valence electrons. The number of aliphatic hydroxyl groups excluding tert-OH is 1. The monoisotopic (exact) mass is 415 g/mol. The van der Waals surface area contributed by atoms with Gasteiger partial charge in [-0.05, 0) is 18.1 Å². The minimum atomic E-state index is -0.626. The molecular formula is C22H25NO7. The van der Waals surface area contributed by atoms with Crippen molar-refractivity contribution in [2.24, 2.45) is 0 Å². The standard InChI is InChI=1S/C22H25NO7/c1-27-16-5-4-13-12-23(15(21(26)29-3)11-18(25)28-2)9-8-22-7-6-14(24)10-17(22)30-20(16)19(13)22/h4-7,11,14,17,24H,8-10,12H2,1-3H3/t14-,17?,22?/m0/s1. The lowest BCUT2D eigenvalue weighted by molar-refractivity contribution is -0.140. The molecule has 0 aromatic heterocycles. The van der Waals surface area contributed by atoms with Crippen LogP contribution in [0.2, 0.25) is 0 Å². The Balaban J connectivity index is 1.82. The second kappa shape index (κ2) is 7.68. The number of hydrogen-bond acceptors (Lipinski definition) is 8. The van der Waals surface area contributed by atoms with E-state index in [-0.39, 0.29) is 11.8 Å². The summed E-state index contributed by atoms with van der Waals surface area (Å²) in [7, 11) is 4.14. The lowest BCUT2D eigenvalue weighted by atomic mass is 9.69. The molecule has 0 saturated carbocycles. The third kappa shape index (κ3) is 3.11. The van der Waals surface area contributed by atoms with Gasteiger partial charge >= 0.3 is 11.9 Å². The van der Waals surface area contributed by atoms with E-state index in [0.29, 0.717) is 37.4 Å². The van der Waals surface area contributed by atoms with Crippen molar-refractivity contribution in [1.82, 2.24) is 4.90 Å². The average Bonchev–Trinajstić information content (AvgIpc) is 2.99. The normalized spacial score (nSPS) is 26.8. The molecule has 0 amide bonds. The number of carbonyl (C=O) groups is 2. The molecule has 2 heterocycles. The van der Waals surface area contributed by atoms with Crippen molar-refractivity contribution in [3.05, 3.63) is 47.2 Å². The molecule has 8 heteroatoms. The van der Waals surface area contributed by atoms with Crippen LogP contribution in [0.4, 0.5) is 0 Å². The molecule has 1 aromatic carbocycles. The molecule has 3 atom stereocenters. The summed E-state index contributed by atoms with van der Waals surface area (Å²) in [6, 6.07) is 3.79. The van der Waals surface area contributed by atoms with Crippen LogP contribution in [0.5, 0.6) is 11.5 Å². The Kier molecular flexibility index (Phi) is 5.19. The molecule has 4 rings (SSSR count). The summed E-state index contributed by atoms with van der Waals surface area (Å²) < 4.78 is 21.4. The van der Waals surface area contributed by atoms with Gasteiger partial charge in [-0.3, -0.25) is 0 Å². The number of carbonyl (C=O) groups excluding carboxylic acids is 2. The first-order valence-electron chi connectivity index (χ1n) is 9.81. The summed E-state index contributed by atoms with van der Waals surface area (Å²) in [5.41, 5.74) is 1.67. The molecule has 1 spiro atoms. The highest BCUT2D eigenvalue weighted by Gasteiger charge is 2.53. The zero-order valence-electron chi connectivity index (χ0n) is 17.2. The molecule has 0 fully saturated rings. The van der Waals surface area contributed by atoms with Crippen LogP contribution >= 0.6 is 0 Å². The van der Waals surface area contributed by atoms with Gasteiger partial charge in [-0.1, -0.05) is 18.2 Å². The topological polar surface area (TPSA) is 94.5 Å². The molecule has 0 bridgehead atoms. The van der Waals surface area contributed by atoms with Crippen LogP contribution in [-0.4, -0.2) is 62.0 Å². The molecule has 0 saturated heterocycles. The van der Waals surface area contributed by atoms with Gasteiger partial charge in [0.25, 0.3) is 0 Å². The number of aliphatic hydroxyl groups is 1. The first-order valence-corrected chi connectivity index (χ1v) is 9.81. The van der Waals surface area contributed by atoms with E-state index in [4.69, 9.17) is 18.9 Å². The van der Waals surface area contributed by atoms with E-state index in [1.54, 1.807) is 13.2 Å². The van der Waals surface area contributed by atoms with Gasteiger partial charge < -0.3 is 29.0 Å². The van der Waals surface area contributed by atoms with Gasteiger partial charge in [-0.15, -0.1) is 0 Å². The van der Waals surface area contributed by atoms with Crippen LogP contribution in [0.1, 0.15) is 24.0 Å². The first kappa shape index (κ1) is 20.3. The van der Waals surface area contributed by atoms with Crippen LogP contribution in [0, 0.1) is 0 Å². The predicted molar refractivity (Wildman–Crippen MR) is 106 cm³/mol. The fourth-order valence-electron chi connectivity index (χ4n) is 4.70. The van der Waals surface area contributed by atoms with Gasteiger partial charge in [-0.2, -0.15) is 0 Å². The fraction of sp³-hybridized carbons (Fsp3) is 0.455. The van der Waals surface area contributed by atoms with E-state index in [1.807, 2.05) is 23.1 Å². The lowest BCUT2D eigenvalue weighted by Gasteiger charge is -2.36. The van der Waals surface area contributed by atoms with Crippen molar-refractivity contribution in [2.75, 3.05) is 27.9 Å². The summed E-state index contributed by atoms with van der Waals surface area (Å²) >= 11 is 0. The second-order valence-corrected chi connectivity index (χ2v) is 7.66. The highest BCUT2D eigenvalue weighted by atomic mass is 16.5. The number of ether oxygens (including phenoxy) is 4. The van der Waals surface area contributed by atoms with Gasteiger partial charge in [0.05, 0.1) is 38.9 Å². The van der Waals surface area contributed by atoms with E-state index in [9.17, 15) is 14.7 Å². The number of esters is 2. The van der Waals surface area contributed by atoms with E-state index >= 15 is 0 Å². The molecule has 1 aromatic rings. The smallest absolute Gasteiger partial charge is 0.354 e. The Morgan fingerprint density at radius 2 is 2.07 bits per heavy atom. The van der Waals surface area contributed by atoms with Gasteiger partial charge in [0.1, 0.15) is 11.8 Å². The molecule has 2 aliphatic heterocycles. The molecule has 3 aliphatic rings. The maximum atomic E-state index is 12.4. The van der Waals surface area contributed by atoms with E-state index in [2.05, 4.69) is 0 Å². The Morgan fingerprint density at radius 3 is 2.77 bits per heavy atom. The van der Waals surface area contributed by atoms with Crippen molar-refractivity contribution < 1.29 is 33.6 Å². The second-order valence-electron chi connectivity index (χ2n) is 7.66. The summed E-state index contributed by atoms with van der Waals surface area (Å²) in [6.45, 7) is 0.868. The third-order valence-electron chi connectivity index (χ3n) is 6.15. The van der Waals surface area contributed by atoms with Crippen molar-refractivity contribution in [2.45, 2.75) is 37.0 Å². The summed E-state index contributed by atoms with van der Waals surface area (Å²) in [5, 5.41) is 10.2. The fourth-order valence-corrected chi connectivity index (χ4v) is 4.70. The average molecular weight is 415 g/mol. The van der Waals surface area contributed by atoms with Crippen LogP contribution in [-0.2, 0) is 31.0 Å². The third-order valence-corrected chi connectivity index (χ3v) is 6.15. The van der Waals surface area contributed by atoms with Gasteiger partial charge in [0.15, 0.2) is 11.5 Å².